The number of rotatable bonds is 5. The second kappa shape index (κ2) is 6.89. The zero-order chi connectivity index (χ0) is 16.2. The minimum absolute atomic E-state index is 0.0424. The van der Waals surface area contributed by atoms with Crippen LogP contribution in [0.4, 0.5) is 10.8 Å². The van der Waals surface area contributed by atoms with Gasteiger partial charge in [0, 0.05) is 23.8 Å². The molecule has 23 heavy (non-hydrogen) atoms. The van der Waals surface area contributed by atoms with E-state index in [0.717, 1.165) is 12.1 Å². The summed E-state index contributed by atoms with van der Waals surface area (Å²) in [6, 6.07) is 9.35. The molecule has 0 saturated carbocycles. The van der Waals surface area contributed by atoms with Crippen molar-refractivity contribution >= 4 is 34.0 Å². The first kappa shape index (κ1) is 15.6. The molecular formula is C16H18N4O2S. The highest BCUT2D eigenvalue weighted by atomic mass is 32.1. The van der Waals surface area contributed by atoms with Gasteiger partial charge in [0.05, 0.1) is 12.6 Å². The van der Waals surface area contributed by atoms with Crippen molar-refractivity contribution in [1.82, 2.24) is 9.88 Å². The number of likely N-dealkylation sites (N-methyl/N-ethyl adjacent to an activating group) is 1. The van der Waals surface area contributed by atoms with Crippen molar-refractivity contribution in [3.8, 4) is 0 Å². The summed E-state index contributed by atoms with van der Waals surface area (Å²) < 4.78 is 0. The lowest BCUT2D eigenvalue weighted by molar-refractivity contribution is -0.123. The Hall–Kier alpha value is -2.25. The number of hydrogen-bond donors (Lipinski definition) is 1. The Kier molecular flexibility index (Phi) is 4.68. The average molecular weight is 330 g/mol. The number of aromatic nitrogens is 1. The van der Waals surface area contributed by atoms with E-state index >= 15 is 0 Å². The lowest BCUT2D eigenvalue weighted by Crippen LogP contribution is -2.43. The molecule has 7 heteroatoms. The molecule has 2 heterocycles. The number of anilines is 2. The molecule has 1 aliphatic rings. The summed E-state index contributed by atoms with van der Waals surface area (Å²) >= 11 is 1.37. The van der Waals surface area contributed by atoms with Crippen LogP contribution in [0.15, 0.2) is 41.9 Å². The molecule has 2 aromatic rings. The van der Waals surface area contributed by atoms with Gasteiger partial charge in [-0.3, -0.25) is 14.5 Å². The smallest absolute Gasteiger partial charge is 0.244 e. The third kappa shape index (κ3) is 3.57. The van der Waals surface area contributed by atoms with Crippen LogP contribution in [0.5, 0.6) is 0 Å². The summed E-state index contributed by atoms with van der Waals surface area (Å²) in [6.45, 7) is 0.838. The zero-order valence-electron chi connectivity index (χ0n) is 12.8. The van der Waals surface area contributed by atoms with Gasteiger partial charge in [-0.15, -0.1) is 11.3 Å². The Balaban J connectivity index is 1.59. The van der Waals surface area contributed by atoms with Crippen LogP contribution in [-0.4, -0.2) is 47.9 Å². The number of hydrogen-bond acceptors (Lipinski definition) is 5. The third-order valence-electron chi connectivity index (χ3n) is 3.85. The molecule has 1 fully saturated rings. The summed E-state index contributed by atoms with van der Waals surface area (Å²) in [5, 5.41) is 5.12. The minimum Gasteiger partial charge on any atom is -0.311 e. The summed E-state index contributed by atoms with van der Waals surface area (Å²) in [5.41, 5.74) is 0.903. The Morgan fingerprint density at radius 1 is 1.43 bits per heavy atom. The van der Waals surface area contributed by atoms with Gasteiger partial charge in [0.2, 0.25) is 11.8 Å². The fourth-order valence-corrected chi connectivity index (χ4v) is 3.26. The van der Waals surface area contributed by atoms with Gasteiger partial charge in [0.15, 0.2) is 5.13 Å². The quantitative estimate of drug-likeness (QED) is 0.908. The van der Waals surface area contributed by atoms with Crippen molar-refractivity contribution < 1.29 is 9.59 Å². The molecule has 6 nitrogen and oxygen atoms in total. The second-order valence-corrected chi connectivity index (χ2v) is 6.33. The molecule has 1 atom stereocenters. The fraction of sp³-hybridized carbons (Fsp3) is 0.312. The monoisotopic (exact) mass is 330 g/mol. The molecule has 1 aliphatic heterocycles. The Labute approximate surface area is 138 Å². The molecule has 1 N–H and O–H groups in total. The van der Waals surface area contributed by atoms with Gasteiger partial charge in [-0.05, 0) is 25.6 Å². The van der Waals surface area contributed by atoms with Gasteiger partial charge >= 0.3 is 0 Å². The summed E-state index contributed by atoms with van der Waals surface area (Å²) in [4.78, 5) is 32.2. The third-order valence-corrected chi connectivity index (χ3v) is 4.54. The van der Waals surface area contributed by atoms with Crippen LogP contribution in [0.25, 0.3) is 0 Å². The van der Waals surface area contributed by atoms with Crippen molar-refractivity contribution in [3.63, 3.8) is 0 Å². The Morgan fingerprint density at radius 3 is 2.91 bits per heavy atom. The molecular weight excluding hydrogens is 312 g/mol. The van der Waals surface area contributed by atoms with E-state index < -0.39 is 0 Å². The minimum atomic E-state index is -0.266. The van der Waals surface area contributed by atoms with E-state index in [1.54, 1.807) is 28.4 Å². The van der Waals surface area contributed by atoms with Crippen molar-refractivity contribution in [2.24, 2.45) is 0 Å². The standard InChI is InChI=1S/C16H18N4O2S/c1-19(11-14(21)18-16-17-8-10-23-16)13-7-9-20(15(13)22)12-5-3-2-4-6-12/h2-6,8,10,13H,7,9,11H2,1H3,(H,17,18,21). The molecule has 1 saturated heterocycles. The fourth-order valence-electron chi connectivity index (χ4n) is 2.72. The predicted octanol–water partition coefficient (Wildman–Crippen LogP) is 1.82. The predicted molar refractivity (Wildman–Crippen MR) is 90.6 cm³/mol. The highest BCUT2D eigenvalue weighted by molar-refractivity contribution is 7.13. The molecule has 0 aliphatic carbocycles. The van der Waals surface area contributed by atoms with E-state index in [4.69, 9.17) is 0 Å². The average Bonchev–Trinajstić information content (AvgIpc) is 3.17. The second-order valence-electron chi connectivity index (χ2n) is 5.43. The van der Waals surface area contributed by atoms with Crippen LogP contribution >= 0.6 is 11.3 Å². The van der Waals surface area contributed by atoms with E-state index in [9.17, 15) is 9.59 Å². The molecule has 1 aromatic heterocycles. The molecule has 120 valence electrons. The highest BCUT2D eigenvalue weighted by Gasteiger charge is 2.35. The first-order valence-electron chi connectivity index (χ1n) is 7.41. The lowest BCUT2D eigenvalue weighted by Gasteiger charge is -2.23. The first-order chi connectivity index (χ1) is 11.1. The molecule has 0 spiro atoms. The lowest BCUT2D eigenvalue weighted by atomic mass is 10.2. The number of carbonyl (C=O) groups is 2. The number of nitrogens with one attached hydrogen (secondary N) is 1. The first-order valence-corrected chi connectivity index (χ1v) is 8.29. The van der Waals surface area contributed by atoms with E-state index in [2.05, 4.69) is 10.3 Å². The van der Waals surface area contributed by atoms with Gasteiger partial charge in [-0.1, -0.05) is 18.2 Å². The molecule has 0 bridgehead atoms. The van der Waals surface area contributed by atoms with Crippen molar-refractivity contribution in [3.05, 3.63) is 41.9 Å². The van der Waals surface area contributed by atoms with Crippen LogP contribution in [0.2, 0.25) is 0 Å². The Morgan fingerprint density at radius 2 is 2.22 bits per heavy atom. The van der Waals surface area contributed by atoms with Crippen LogP contribution in [0, 0.1) is 0 Å². The van der Waals surface area contributed by atoms with Crippen LogP contribution in [-0.2, 0) is 9.59 Å². The Bertz CT molecular complexity index is 675. The van der Waals surface area contributed by atoms with Gasteiger partial charge in [0.1, 0.15) is 0 Å². The molecule has 2 amide bonds. The van der Waals surface area contributed by atoms with E-state index in [-0.39, 0.29) is 24.4 Å². The van der Waals surface area contributed by atoms with Crippen LogP contribution in [0.3, 0.4) is 0 Å². The van der Waals surface area contributed by atoms with Gasteiger partial charge in [0.25, 0.3) is 0 Å². The summed E-state index contributed by atoms with van der Waals surface area (Å²) in [5.74, 6) is -0.117. The number of benzene rings is 1. The molecule has 0 radical (unpaired) electrons. The van der Waals surface area contributed by atoms with Crippen molar-refractivity contribution in [2.75, 3.05) is 30.4 Å². The van der Waals surface area contributed by atoms with Gasteiger partial charge < -0.3 is 10.2 Å². The maximum atomic E-state index is 12.6. The number of nitrogens with zero attached hydrogens (tertiary/aromatic N) is 3. The van der Waals surface area contributed by atoms with E-state index in [0.29, 0.717) is 11.7 Å². The van der Waals surface area contributed by atoms with Crippen LogP contribution in [0.1, 0.15) is 6.42 Å². The van der Waals surface area contributed by atoms with Crippen LogP contribution < -0.4 is 10.2 Å². The normalized spacial score (nSPS) is 17.7. The SMILES string of the molecule is CN(CC(=O)Nc1nccs1)C1CCN(c2ccccc2)C1=O. The van der Waals surface area contributed by atoms with Gasteiger partial charge in [-0.25, -0.2) is 4.98 Å². The topological polar surface area (TPSA) is 65.5 Å². The number of carbonyl (C=O) groups excluding carboxylic acids is 2. The van der Waals surface area contributed by atoms with E-state index in [1.807, 2.05) is 30.3 Å². The molecule has 3 rings (SSSR count). The summed E-state index contributed by atoms with van der Waals surface area (Å²) in [6.07, 6.45) is 2.36. The largest absolute Gasteiger partial charge is 0.311 e. The van der Waals surface area contributed by atoms with Crippen molar-refractivity contribution in [2.45, 2.75) is 12.5 Å². The van der Waals surface area contributed by atoms with Crippen molar-refractivity contribution in [1.29, 1.82) is 0 Å². The number of thiazole rings is 1. The maximum Gasteiger partial charge on any atom is 0.244 e. The highest BCUT2D eigenvalue weighted by Crippen LogP contribution is 2.23. The molecule has 1 unspecified atom stereocenters. The van der Waals surface area contributed by atoms with E-state index in [1.165, 1.54) is 11.3 Å². The maximum absolute atomic E-state index is 12.6. The van der Waals surface area contributed by atoms with Gasteiger partial charge in [-0.2, -0.15) is 0 Å². The summed E-state index contributed by atoms with van der Waals surface area (Å²) in [7, 11) is 1.80. The number of para-hydroxylation sites is 1. The molecule has 1 aromatic carbocycles. The zero-order valence-corrected chi connectivity index (χ0v) is 13.6. The number of amides is 2.